The van der Waals surface area contributed by atoms with Gasteiger partial charge in [0.15, 0.2) is 5.58 Å². The lowest BCUT2D eigenvalue weighted by atomic mass is 10.2. The van der Waals surface area contributed by atoms with Crippen LogP contribution in [-0.4, -0.2) is 24.1 Å². The fraction of sp³-hybridized carbons (Fsp3) is 0.350. The van der Waals surface area contributed by atoms with Crippen LogP contribution in [0.3, 0.4) is 0 Å². The minimum atomic E-state index is 0.590. The van der Waals surface area contributed by atoms with E-state index < -0.39 is 0 Å². The lowest BCUT2D eigenvalue weighted by Gasteiger charge is -2.05. The van der Waals surface area contributed by atoms with Crippen LogP contribution in [0.15, 0.2) is 46.9 Å². The van der Waals surface area contributed by atoms with Gasteiger partial charge in [-0.3, -0.25) is 0 Å². The van der Waals surface area contributed by atoms with E-state index in [0.717, 1.165) is 48.4 Å². The largest absolute Gasteiger partial charge is 0.494 e. The molecule has 3 rings (SSSR count). The smallest absolute Gasteiger partial charge is 0.227 e. The predicted molar refractivity (Wildman–Crippen MR) is 101 cm³/mol. The number of rotatable bonds is 9. The van der Waals surface area contributed by atoms with Gasteiger partial charge in [-0.2, -0.15) is 0 Å². The summed E-state index contributed by atoms with van der Waals surface area (Å²) >= 11 is 5.66. The van der Waals surface area contributed by atoms with Crippen LogP contribution in [0.25, 0.3) is 22.6 Å². The summed E-state index contributed by atoms with van der Waals surface area (Å²) in [4.78, 5) is 4.54. The van der Waals surface area contributed by atoms with E-state index in [4.69, 9.17) is 25.5 Å². The molecule has 0 saturated heterocycles. The van der Waals surface area contributed by atoms with Gasteiger partial charge >= 0.3 is 0 Å². The van der Waals surface area contributed by atoms with E-state index in [0.29, 0.717) is 24.0 Å². The Balaban J connectivity index is 1.72. The second kappa shape index (κ2) is 8.77. The predicted octanol–water partition coefficient (Wildman–Crippen LogP) is 5.68. The number of halogens is 1. The second-order valence-electron chi connectivity index (χ2n) is 5.77. The number of fused-ring (bicyclic) bond motifs is 1. The summed E-state index contributed by atoms with van der Waals surface area (Å²) in [6.45, 7) is 3.48. The summed E-state index contributed by atoms with van der Waals surface area (Å²) in [6.07, 6.45) is 2.99. The van der Waals surface area contributed by atoms with Crippen LogP contribution in [0.4, 0.5) is 0 Å². The molecule has 0 aliphatic heterocycles. The molecule has 0 saturated carbocycles. The van der Waals surface area contributed by atoms with E-state index >= 15 is 0 Å². The van der Waals surface area contributed by atoms with Gasteiger partial charge in [-0.25, -0.2) is 4.98 Å². The molecule has 0 aliphatic rings. The number of oxazole rings is 1. The number of aromatic nitrogens is 1. The van der Waals surface area contributed by atoms with Crippen LogP contribution in [0.1, 0.15) is 26.2 Å². The zero-order chi connectivity index (χ0) is 17.5. The van der Waals surface area contributed by atoms with Crippen molar-refractivity contribution in [1.82, 2.24) is 4.98 Å². The normalized spacial score (nSPS) is 11.0. The molecule has 4 nitrogen and oxygen atoms in total. The van der Waals surface area contributed by atoms with Crippen LogP contribution >= 0.6 is 11.6 Å². The summed E-state index contributed by atoms with van der Waals surface area (Å²) in [7, 11) is 0. The first-order valence-corrected chi connectivity index (χ1v) is 9.16. The topological polar surface area (TPSA) is 44.5 Å². The first-order valence-electron chi connectivity index (χ1n) is 8.62. The Kier molecular flexibility index (Phi) is 6.18. The number of hydrogen-bond donors (Lipinski definition) is 0. The molecule has 0 amide bonds. The van der Waals surface area contributed by atoms with Crippen molar-refractivity contribution in [2.24, 2.45) is 0 Å². The van der Waals surface area contributed by atoms with Crippen LogP contribution in [0.5, 0.6) is 11.5 Å². The van der Waals surface area contributed by atoms with Crippen molar-refractivity contribution >= 4 is 22.7 Å². The maximum atomic E-state index is 5.88. The number of benzene rings is 2. The minimum absolute atomic E-state index is 0.590. The summed E-state index contributed by atoms with van der Waals surface area (Å²) < 4.78 is 17.2. The highest BCUT2D eigenvalue weighted by molar-refractivity contribution is 6.17. The number of unbranched alkanes of at least 4 members (excludes halogenated alkanes) is 1. The number of alkyl halides is 1. The lowest BCUT2D eigenvalue weighted by Crippen LogP contribution is -1.97. The molecule has 1 aromatic heterocycles. The monoisotopic (exact) mass is 359 g/mol. The van der Waals surface area contributed by atoms with E-state index in [1.165, 1.54) is 0 Å². The molecule has 0 N–H and O–H groups in total. The van der Waals surface area contributed by atoms with Gasteiger partial charge in [-0.15, -0.1) is 11.6 Å². The molecule has 1 heterocycles. The van der Waals surface area contributed by atoms with E-state index in [1.54, 1.807) is 0 Å². The maximum absolute atomic E-state index is 5.88. The number of ether oxygens (including phenoxy) is 2. The molecule has 132 valence electrons. The Morgan fingerprint density at radius 3 is 2.44 bits per heavy atom. The second-order valence-corrected chi connectivity index (χ2v) is 6.14. The van der Waals surface area contributed by atoms with Crippen molar-refractivity contribution < 1.29 is 13.9 Å². The molecule has 5 heteroatoms. The molecule has 3 aromatic rings. The molecule has 2 aromatic carbocycles. The Morgan fingerprint density at radius 1 is 0.960 bits per heavy atom. The van der Waals surface area contributed by atoms with Crippen molar-refractivity contribution in [3.63, 3.8) is 0 Å². The van der Waals surface area contributed by atoms with E-state index in [2.05, 4.69) is 11.9 Å². The third kappa shape index (κ3) is 4.67. The average Bonchev–Trinajstić information content (AvgIpc) is 3.06. The highest BCUT2D eigenvalue weighted by Gasteiger charge is 2.09. The van der Waals surface area contributed by atoms with E-state index in [9.17, 15) is 0 Å². The average molecular weight is 360 g/mol. The zero-order valence-corrected chi connectivity index (χ0v) is 15.1. The molecule has 0 fully saturated rings. The summed E-state index contributed by atoms with van der Waals surface area (Å²) in [5.74, 6) is 2.81. The highest BCUT2D eigenvalue weighted by Crippen LogP contribution is 2.28. The first kappa shape index (κ1) is 17.6. The Bertz CT molecular complexity index is 798. The van der Waals surface area contributed by atoms with Crippen LogP contribution in [0.2, 0.25) is 0 Å². The lowest BCUT2D eigenvalue weighted by molar-refractivity contribution is 0.309. The van der Waals surface area contributed by atoms with Gasteiger partial charge in [0.05, 0.1) is 13.2 Å². The van der Waals surface area contributed by atoms with Crippen LogP contribution in [0, 0.1) is 0 Å². The molecule has 0 bridgehead atoms. The zero-order valence-electron chi connectivity index (χ0n) is 14.3. The Hall–Kier alpha value is -2.20. The van der Waals surface area contributed by atoms with Gasteiger partial charge in [-0.1, -0.05) is 13.3 Å². The summed E-state index contributed by atoms with van der Waals surface area (Å²) in [5, 5.41) is 0. The van der Waals surface area contributed by atoms with Crippen molar-refractivity contribution in [1.29, 1.82) is 0 Å². The molecule has 25 heavy (non-hydrogen) atoms. The third-order valence-corrected chi connectivity index (χ3v) is 4.04. The SMILES string of the molecule is CCCCOc1ccc(-c2nc3ccc(OCCCCl)cc3o2)cc1. The standard InChI is InChI=1S/C20H22ClNO3/c1-2-3-12-23-16-7-5-15(6-8-16)20-22-18-10-9-17(14-19(18)25-20)24-13-4-11-21/h5-10,14H,2-4,11-13H2,1H3. The van der Waals surface area contributed by atoms with Gasteiger partial charge in [0.25, 0.3) is 0 Å². The Morgan fingerprint density at radius 2 is 1.68 bits per heavy atom. The fourth-order valence-corrected chi connectivity index (χ4v) is 2.50. The van der Waals surface area contributed by atoms with Gasteiger partial charge in [-0.05, 0) is 49.2 Å². The van der Waals surface area contributed by atoms with Gasteiger partial charge in [0.1, 0.15) is 17.0 Å². The van der Waals surface area contributed by atoms with Crippen molar-refractivity contribution in [3.05, 3.63) is 42.5 Å². The number of nitrogens with zero attached hydrogens (tertiary/aromatic N) is 1. The summed E-state index contributed by atoms with van der Waals surface area (Å²) in [6, 6.07) is 13.5. The van der Waals surface area contributed by atoms with E-state index in [1.807, 2.05) is 42.5 Å². The molecule has 0 atom stereocenters. The van der Waals surface area contributed by atoms with Crippen LogP contribution in [-0.2, 0) is 0 Å². The fourth-order valence-electron chi connectivity index (χ4n) is 2.39. The molecular formula is C20H22ClNO3. The maximum Gasteiger partial charge on any atom is 0.227 e. The number of hydrogen-bond acceptors (Lipinski definition) is 4. The summed E-state index contributed by atoms with van der Waals surface area (Å²) in [5.41, 5.74) is 2.44. The van der Waals surface area contributed by atoms with Gasteiger partial charge in [0, 0.05) is 17.5 Å². The molecule has 0 spiro atoms. The highest BCUT2D eigenvalue weighted by atomic mass is 35.5. The van der Waals surface area contributed by atoms with Crippen molar-refractivity contribution in [2.45, 2.75) is 26.2 Å². The minimum Gasteiger partial charge on any atom is -0.494 e. The first-order chi connectivity index (χ1) is 12.3. The van der Waals surface area contributed by atoms with Crippen LogP contribution < -0.4 is 9.47 Å². The van der Waals surface area contributed by atoms with Crippen molar-refractivity contribution in [2.75, 3.05) is 19.1 Å². The van der Waals surface area contributed by atoms with Crippen molar-refractivity contribution in [3.8, 4) is 23.0 Å². The molecule has 0 unspecified atom stereocenters. The molecule has 0 radical (unpaired) electrons. The Labute approximate surface area is 152 Å². The molecule has 0 aliphatic carbocycles. The quantitative estimate of drug-likeness (QED) is 0.364. The molecular weight excluding hydrogens is 338 g/mol. The van der Waals surface area contributed by atoms with Gasteiger partial charge in [0.2, 0.25) is 5.89 Å². The third-order valence-electron chi connectivity index (χ3n) is 3.77. The van der Waals surface area contributed by atoms with E-state index in [-0.39, 0.29) is 0 Å². The van der Waals surface area contributed by atoms with Gasteiger partial charge < -0.3 is 13.9 Å².